The highest BCUT2D eigenvalue weighted by atomic mass is 15.3. The van der Waals surface area contributed by atoms with Crippen molar-refractivity contribution < 1.29 is 0 Å². The van der Waals surface area contributed by atoms with Gasteiger partial charge in [-0.05, 0) is 23.3 Å². The zero-order valence-corrected chi connectivity index (χ0v) is 14.8. The highest BCUT2D eigenvalue weighted by Crippen LogP contribution is 2.30. The molecule has 1 aliphatic rings. The number of benzene rings is 2. The average molecular weight is 344 g/mol. The second-order valence-electron chi connectivity index (χ2n) is 6.69. The molecule has 1 saturated heterocycles. The number of piperazine rings is 1. The van der Waals surface area contributed by atoms with E-state index in [-0.39, 0.29) is 0 Å². The fourth-order valence-electron chi connectivity index (χ4n) is 3.71. The zero-order chi connectivity index (χ0) is 17.8. The van der Waals surface area contributed by atoms with Crippen molar-refractivity contribution in [3.05, 3.63) is 90.1 Å². The lowest BCUT2D eigenvalue weighted by Crippen LogP contribution is -2.48. The van der Waals surface area contributed by atoms with Crippen molar-refractivity contribution in [1.29, 1.82) is 0 Å². The molecule has 1 aliphatic heterocycles. The number of anilines is 2. The summed E-state index contributed by atoms with van der Waals surface area (Å²) in [6.07, 6.45) is 1.87. The van der Waals surface area contributed by atoms with Crippen LogP contribution in [0, 0.1) is 0 Å². The predicted octanol–water partition coefficient (Wildman–Crippen LogP) is 3.58. The maximum atomic E-state index is 5.71. The molecule has 132 valence electrons. The molecule has 4 rings (SSSR count). The summed E-state index contributed by atoms with van der Waals surface area (Å²) >= 11 is 0. The maximum absolute atomic E-state index is 5.71. The van der Waals surface area contributed by atoms with E-state index in [1.807, 2.05) is 12.3 Å². The van der Waals surface area contributed by atoms with Gasteiger partial charge in [0.2, 0.25) is 0 Å². The van der Waals surface area contributed by atoms with Gasteiger partial charge in [-0.25, -0.2) is 4.98 Å². The Hall–Kier alpha value is -2.85. The van der Waals surface area contributed by atoms with Gasteiger partial charge < -0.3 is 10.6 Å². The summed E-state index contributed by atoms with van der Waals surface area (Å²) in [5.41, 5.74) is 9.55. The lowest BCUT2D eigenvalue weighted by atomic mass is 9.96. The first-order chi connectivity index (χ1) is 12.8. The van der Waals surface area contributed by atoms with Crippen LogP contribution in [0.25, 0.3) is 0 Å². The van der Waals surface area contributed by atoms with Crippen LogP contribution in [-0.4, -0.2) is 36.1 Å². The summed E-state index contributed by atoms with van der Waals surface area (Å²) in [5.74, 6) is 0.570. The minimum atomic E-state index is 0.295. The third-order valence-corrected chi connectivity index (χ3v) is 5.05. The smallest absolute Gasteiger partial charge is 0.123 e. The number of hydrogen-bond donors (Lipinski definition) is 1. The Morgan fingerprint density at radius 3 is 1.81 bits per heavy atom. The Bertz CT molecular complexity index is 770. The van der Waals surface area contributed by atoms with Crippen molar-refractivity contribution in [3.8, 4) is 0 Å². The van der Waals surface area contributed by atoms with E-state index in [2.05, 4.69) is 81.5 Å². The van der Waals surface area contributed by atoms with Gasteiger partial charge in [-0.1, -0.05) is 60.7 Å². The molecule has 0 bridgehead atoms. The van der Waals surface area contributed by atoms with E-state index >= 15 is 0 Å². The average Bonchev–Trinajstić information content (AvgIpc) is 2.71. The van der Waals surface area contributed by atoms with E-state index in [9.17, 15) is 0 Å². The fraction of sp³-hybridized carbons (Fsp3) is 0.227. The predicted molar refractivity (Wildman–Crippen MR) is 107 cm³/mol. The summed E-state index contributed by atoms with van der Waals surface area (Å²) in [5, 5.41) is 0. The van der Waals surface area contributed by atoms with Crippen molar-refractivity contribution in [2.75, 3.05) is 36.8 Å². The second-order valence-corrected chi connectivity index (χ2v) is 6.69. The molecule has 0 radical (unpaired) electrons. The van der Waals surface area contributed by atoms with Crippen LogP contribution in [0.3, 0.4) is 0 Å². The van der Waals surface area contributed by atoms with Crippen molar-refractivity contribution in [1.82, 2.24) is 9.88 Å². The van der Waals surface area contributed by atoms with Gasteiger partial charge >= 0.3 is 0 Å². The van der Waals surface area contributed by atoms with E-state index < -0.39 is 0 Å². The Morgan fingerprint density at radius 2 is 1.31 bits per heavy atom. The van der Waals surface area contributed by atoms with Gasteiger partial charge in [-0.15, -0.1) is 0 Å². The molecule has 2 N–H and O–H groups in total. The van der Waals surface area contributed by atoms with Gasteiger partial charge in [0.05, 0.1) is 17.9 Å². The Labute approximate surface area is 154 Å². The largest absolute Gasteiger partial charge is 0.384 e. The van der Waals surface area contributed by atoms with Crippen molar-refractivity contribution in [2.45, 2.75) is 6.04 Å². The molecular formula is C22H24N4. The number of nitrogen functional groups attached to an aromatic ring is 1. The van der Waals surface area contributed by atoms with E-state index in [0.29, 0.717) is 11.9 Å². The number of pyridine rings is 1. The normalized spacial score (nSPS) is 15.3. The molecule has 0 saturated carbocycles. The highest BCUT2D eigenvalue weighted by Gasteiger charge is 2.26. The van der Waals surface area contributed by atoms with Crippen LogP contribution in [0.5, 0.6) is 0 Å². The molecule has 0 spiro atoms. The van der Waals surface area contributed by atoms with E-state index in [0.717, 1.165) is 31.9 Å². The summed E-state index contributed by atoms with van der Waals surface area (Å²) in [7, 11) is 0. The van der Waals surface area contributed by atoms with Crippen LogP contribution in [0.2, 0.25) is 0 Å². The molecule has 0 unspecified atom stereocenters. The number of hydrogen-bond acceptors (Lipinski definition) is 4. The number of rotatable bonds is 4. The molecule has 1 aromatic heterocycles. The minimum Gasteiger partial charge on any atom is -0.384 e. The van der Waals surface area contributed by atoms with E-state index in [4.69, 9.17) is 5.73 Å². The fourth-order valence-corrected chi connectivity index (χ4v) is 3.71. The van der Waals surface area contributed by atoms with E-state index in [1.165, 1.54) is 11.1 Å². The van der Waals surface area contributed by atoms with Crippen LogP contribution in [0.4, 0.5) is 11.5 Å². The molecule has 2 heterocycles. The van der Waals surface area contributed by atoms with Crippen LogP contribution in [0.1, 0.15) is 17.2 Å². The summed E-state index contributed by atoms with van der Waals surface area (Å²) < 4.78 is 0. The van der Waals surface area contributed by atoms with Gasteiger partial charge in [0.1, 0.15) is 5.82 Å². The molecule has 1 fully saturated rings. The first-order valence-corrected chi connectivity index (χ1v) is 9.12. The molecule has 4 heteroatoms. The minimum absolute atomic E-state index is 0.295. The Balaban J connectivity index is 1.54. The van der Waals surface area contributed by atoms with Crippen LogP contribution >= 0.6 is 0 Å². The monoisotopic (exact) mass is 344 g/mol. The molecule has 3 aromatic rings. The number of aromatic nitrogens is 1. The highest BCUT2D eigenvalue weighted by molar-refractivity contribution is 5.48. The van der Waals surface area contributed by atoms with Gasteiger partial charge in [-0.3, -0.25) is 4.90 Å². The van der Waals surface area contributed by atoms with Crippen LogP contribution < -0.4 is 10.6 Å². The molecule has 0 amide bonds. The lowest BCUT2D eigenvalue weighted by molar-refractivity contribution is 0.212. The Kier molecular flexibility index (Phi) is 4.84. The molecule has 2 aromatic carbocycles. The SMILES string of the molecule is Nc1ccc(N2CCN(C(c3ccccc3)c3ccccc3)CC2)cn1. The van der Waals surface area contributed by atoms with Gasteiger partial charge in [0.15, 0.2) is 0 Å². The van der Waals surface area contributed by atoms with Crippen molar-refractivity contribution in [3.63, 3.8) is 0 Å². The maximum Gasteiger partial charge on any atom is 0.123 e. The summed E-state index contributed by atoms with van der Waals surface area (Å²) in [6.45, 7) is 4.00. The van der Waals surface area contributed by atoms with Gasteiger partial charge in [0, 0.05) is 26.2 Å². The Morgan fingerprint density at radius 1 is 0.731 bits per heavy atom. The van der Waals surface area contributed by atoms with Gasteiger partial charge in [-0.2, -0.15) is 0 Å². The molecule has 0 atom stereocenters. The third kappa shape index (κ3) is 3.55. The van der Waals surface area contributed by atoms with Crippen molar-refractivity contribution in [2.24, 2.45) is 0 Å². The second kappa shape index (κ2) is 7.58. The number of nitrogens with two attached hydrogens (primary N) is 1. The van der Waals surface area contributed by atoms with Crippen molar-refractivity contribution >= 4 is 11.5 Å². The third-order valence-electron chi connectivity index (χ3n) is 5.05. The van der Waals surface area contributed by atoms with E-state index in [1.54, 1.807) is 0 Å². The topological polar surface area (TPSA) is 45.4 Å². The molecule has 4 nitrogen and oxygen atoms in total. The summed E-state index contributed by atoms with van der Waals surface area (Å²) in [4.78, 5) is 9.19. The van der Waals surface area contributed by atoms with Gasteiger partial charge in [0.25, 0.3) is 0 Å². The number of nitrogens with zero attached hydrogens (tertiary/aromatic N) is 3. The molecule has 26 heavy (non-hydrogen) atoms. The molecule has 0 aliphatic carbocycles. The summed E-state index contributed by atoms with van der Waals surface area (Å²) in [6, 6.07) is 25.8. The first kappa shape index (κ1) is 16.6. The first-order valence-electron chi connectivity index (χ1n) is 9.12. The van der Waals surface area contributed by atoms with Crippen LogP contribution in [0.15, 0.2) is 79.0 Å². The standard InChI is InChI=1S/C22H24N4/c23-21-12-11-20(17-24-21)25-13-15-26(16-14-25)22(18-7-3-1-4-8-18)19-9-5-2-6-10-19/h1-12,17,22H,13-16H2,(H2,23,24). The molecular weight excluding hydrogens is 320 g/mol. The quantitative estimate of drug-likeness (QED) is 0.786. The van der Waals surface area contributed by atoms with Crippen LogP contribution in [-0.2, 0) is 0 Å². The zero-order valence-electron chi connectivity index (χ0n) is 14.8. The lowest BCUT2D eigenvalue weighted by Gasteiger charge is -2.40.